The summed E-state index contributed by atoms with van der Waals surface area (Å²) in [5.41, 5.74) is 0. The summed E-state index contributed by atoms with van der Waals surface area (Å²) in [7, 11) is 1.64. The molecule has 0 radical (unpaired) electrons. The molecule has 0 N–H and O–H groups in total. The number of anilines is 1. The molecule has 5 nitrogen and oxygen atoms in total. The van der Waals surface area contributed by atoms with E-state index in [4.69, 9.17) is 10.7 Å². The second kappa shape index (κ2) is 5.82. The minimum absolute atomic E-state index is 0.127. The maximum atomic E-state index is 11.9. The molecule has 2 heterocycles. The summed E-state index contributed by atoms with van der Waals surface area (Å²) < 4.78 is 23.8. The molecule has 1 unspecified atom stereocenters. The van der Waals surface area contributed by atoms with Gasteiger partial charge in [0.05, 0.1) is 9.32 Å². The number of hydrogen-bond acceptors (Lipinski definition) is 4. The van der Waals surface area contributed by atoms with Gasteiger partial charge in [0.2, 0.25) is 15.0 Å². The van der Waals surface area contributed by atoms with Gasteiger partial charge < -0.3 is 0 Å². The largest absolute Gasteiger partial charge is 0.296 e. The van der Waals surface area contributed by atoms with Crippen LogP contribution in [0.2, 0.25) is 0 Å². The number of aromatic nitrogens is 1. The smallest absolute Gasteiger partial charge is 0.232 e. The minimum atomic E-state index is -3.59. The zero-order valence-electron chi connectivity index (χ0n) is 9.51. The van der Waals surface area contributed by atoms with Crippen LogP contribution in [0.5, 0.6) is 0 Å². The summed E-state index contributed by atoms with van der Waals surface area (Å²) in [5, 5.41) is 0. The van der Waals surface area contributed by atoms with Crippen molar-refractivity contribution in [2.24, 2.45) is 5.92 Å². The Hall–Kier alpha value is 0.0700. The molecule has 19 heavy (non-hydrogen) atoms. The van der Waals surface area contributed by atoms with E-state index in [0.717, 1.165) is 8.04 Å². The molecule has 0 aliphatic carbocycles. The van der Waals surface area contributed by atoms with Gasteiger partial charge in [0.25, 0.3) is 0 Å². The lowest BCUT2D eigenvalue weighted by Crippen LogP contribution is -2.27. The normalized spacial score (nSPS) is 20.1. The predicted octanol–water partition coefficient (Wildman–Crippen LogP) is 2.37. The van der Waals surface area contributed by atoms with Crippen molar-refractivity contribution in [3.63, 3.8) is 0 Å². The van der Waals surface area contributed by atoms with Crippen LogP contribution in [0.15, 0.2) is 16.7 Å². The van der Waals surface area contributed by atoms with Gasteiger partial charge in [-0.05, 0) is 44.6 Å². The van der Waals surface area contributed by atoms with Crippen LogP contribution in [-0.4, -0.2) is 31.6 Å². The lowest BCUT2D eigenvalue weighted by Gasteiger charge is -2.17. The van der Waals surface area contributed by atoms with Crippen LogP contribution in [0.3, 0.4) is 0 Å². The molecule has 104 valence electrons. The van der Waals surface area contributed by atoms with Crippen molar-refractivity contribution in [2.75, 3.05) is 17.2 Å². The highest BCUT2D eigenvalue weighted by molar-refractivity contribution is 14.1. The number of rotatable bonds is 3. The molecule has 1 aromatic heterocycles. The Bertz CT molecular complexity index is 625. The second-order valence-corrected chi connectivity index (χ2v) is 9.14. The SMILES string of the molecule is O=C1CC(CS(=O)(=O)Cl)CN1c1ncc(Br)cc1I. The molecule has 1 atom stereocenters. The van der Waals surface area contributed by atoms with Crippen molar-refractivity contribution in [1.29, 1.82) is 0 Å². The Morgan fingerprint density at radius 2 is 2.26 bits per heavy atom. The van der Waals surface area contributed by atoms with Crippen molar-refractivity contribution < 1.29 is 13.2 Å². The van der Waals surface area contributed by atoms with Crippen molar-refractivity contribution in [3.05, 3.63) is 20.3 Å². The fraction of sp³-hybridized carbons (Fsp3) is 0.400. The fourth-order valence-electron chi connectivity index (χ4n) is 1.99. The number of amides is 1. The van der Waals surface area contributed by atoms with Gasteiger partial charge in [0.15, 0.2) is 0 Å². The molecule has 0 saturated carbocycles. The molecule has 1 fully saturated rings. The van der Waals surface area contributed by atoms with E-state index in [0.29, 0.717) is 12.4 Å². The van der Waals surface area contributed by atoms with Crippen LogP contribution in [0.1, 0.15) is 6.42 Å². The first-order valence-electron chi connectivity index (χ1n) is 5.30. The third-order valence-corrected chi connectivity index (χ3v) is 5.16. The van der Waals surface area contributed by atoms with Crippen LogP contribution in [0.4, 0.5) is 5.82 Å². The summed E-state index contributed by atoms with van der Waals surface area (Å²) >= 11 is 5.39. The molecule has 0 bridgehead atoms. The van der Waals surface area contributed by atoms with E-state index < -0.39 is 9.05 Å². The highest BCUT2D eigenvalue weighted by Crippen LogP contribution is 2.29. The van der Waals surface area contributed by atoms with E-state index in [2.05, 4.69) is 43.5 Å². The second-order valence-electron chi connectivity index (χ2n) is 4.24. The van der Waals surface area contributed by atoms with Gasteiger partial charge in [-0.1, -0.05) is 0 Å². The molecular weight excluding hydrogens is 470 g/mol. The Labute approximate surface area is 137 Å². The summed E-state index contributed by atoms with van der Waals surface area (Å²) in [6.45, 7) is 0.329. The number of pyridine rings is 1. The van der Waals surface area contributed by atoms with Crippen LogP contribution in [-0.2, 0) is 13.8 Å². The van der Waals surface area contributed by atoms with Gasteiger partial charge in [0, 0.05) is 40.2 Å². The zero-order valence-corrected chi connectivity index (χ0v) is 14.8. The Morgan fingerprint density at radius 1 is 1.58 bits per heavy atom. The molecule has 1 amide bonds. The van der Waals surface area contributed by atoms with Gasteiger partial charge in [-0.3, -0.25) is 9.69 Å². The Kier molecular flexibility index (Phi) is 4.74. The molecule has 2 rings (SSSR count). The minimum Gasteiger partial charge on any atom is -0.296 e. The van der Waals surface area contributed by atoms with E-state index in [1.807, 2.05) is 6.07 Å². The van der Waals surface area contributed by atoms with Crippen molar-refractivity contribution >= 4 is 70.0 Å². The van der Waals surface area contributed by atoms with E-state index in [9.17, 15) is 13.2 Å². The highest BCUT2D eigenvalue weighted by Gasteiger charge is 2.34. The molecule has 1 aliphatic heterocycles. The summed E-state index contributed by atoms with van der Waals surface area (Å²) in [6, 6.07) is 1.85. The number of hydrogen-bond donors (Lipinski definition) is 0. The topological polar surface area (TPSA) is 67.3 Å². The average Bonchev–Trinajstić information content (AvgIpc) is 2.56. The van der Waals surface area contributed by atoms with Crippen molar-refractivity contribution in [2.45, 2.75) is 6.42 Å². The van der Waals surface area contributed by atoms with E-state index in [1.165, 1.54) is 4.90 Å². The van der Waals surface area contributed by atoms with E-state index in [-0.39, 0.29) is 24.0 Å². The average molecular weight is 480 g/mol. The van der Waals surface area contributed by atoms with Crippen LogP contribution in [0, 0.1) is 9.49 Å². The van der Waals surface area contributed by atoms with Gasteiger partial charge >= 0.3 is 0 Å². The Balaban J connectivity index is 2.20. The van der Waals surface area contributed by atoms with Gasteiger partial charge in [-0.15, -0.1) is 0 Å². The maximum Gasteiger partial charge on any atom is 0.232 e. The summed E-state index contributed by atoms with van der Waals surface area (Å²) in [4.78, 5) is 17.7. The number of nitrogens with zero attached hydrogens (tertiary/aromatic N) is 2. The predicted molar refractivity (Wildman–Crippen MR) is 84.8 cm³/mol. The lowest BCUT2D eigenvalue weighted by molar-refractivity contribution is -0.117. The monoisotopic (exact) mass is 478 g/mol. The third kappa shape index (κ3) is 4.02. The molecule has 1 saturated heterocycles. The van der Waals surface area contributed by atoms with E-state index >= 15 is 0 Å². The summed E-state index contributed by atoms with van der Waals surface area (Å²) in [5.74, 6) is -0.0400. The van der Waals surface area contributed by atoms with Crippen LogP contribution >= 0.6 is 49.2 Å². The first-order chi connectivity index (χ1) is 8.76. The fourth-order valence-corrected chi connectivity index (χ4v) is 4.83. The van der Waals surface area contributed by atoms with Gasteiger partial charge in [-0.2, -0.15) is 0 Å². The zero-order chi connectivity index (χ0) is 14.2. The van der Waals surface area contributed by atoms with Crippen LogP contribution in [0.25, 0.3) is 0 Å². The quantitative estimate of drug-likeness (QED) is 0.493. The molecule has 9 heteroatoms. The molecular formula is C10H9BrClIN2O3S. The van der Waals surface area contributed by atoms with Crippen molar-refractivity contribution in [3.8, 4) is 0 Å². The van der Waals surface area contributed by atoms with E-state index in [1.54, 1.807) is 6.20 Å². The number of carbonyl (C=O) groups excluding carboxylic acids is 1. The van der Waals surface area contributed by atoms with Gasteiger partial charge in [-0.25, -0.2) is 13.4 Å². The first kappa shape index (κ1) is 15.5. The number of carbonyl (C=O) groups is 1. The van der Waals surface area contributed by atoms with Crippen LogP contribution < -0.4 is 4.90 Å². The number of halogens is 3. The standard InChI is InChI=1S/C10H9BrClIN2O3S/c11-7-2-8(13)10(14-3-7)15-4-6(1-9(15)16)5-19(12,17)18/h2-3,6H,1,4-5H2. The summed E-state index contributed by atoms with van der Waals surface area (Å²) in [6.07, 6.45) is 1.79. The first-order valence-corrected chi connectivity index (χ1v) is 9.65. The highest BCUT2D eigenvalue weighted by atomic mass is 127. The Morgan fingerprint density at radius 3 is 2.84 bits per heavy atom. The maximum absolute atomic E-state index is 11.9. The molecule has 0 aromatic carbocycles. The molecule has 0 spiro atoms. The molecule has 1 aromatic rings. The lowest BCUT2D eigenvalue weighted by atomic mass is 10.1. The third-order valence-electron chi connectivity index (χ3n) is 2.68. The molecule has 1 aliphatic rings. The van der Waals surface area contributed by atoms with Crippen molar-refractivity contribution in [1.82, 2.24) is 4.98 Å². The van der Waals surface area contributed by atoms with Gasteiger partial charge in [0.1, 0.15) is 5.82 Å².